The Hall–Kier alpha value is -2.41. The summed E-state index contributed by atoms with van der Waals surface area (Å²) in [7, 11) is 0. The van der Waals surface area contributed by atoms with Crippen LogP contribution in [-0.2, 0) is 13.1 Å². The fourth-order valence-electron chi connectivity index (χ4n) is 4.48. The molecule has 3 heterocycles. The number of carbonyl (C=O) groups excluding carboxylic acids is 1. The van der Waals surface area contributed by atoms with E-state index in [1.807, 2.05) is 4.90 Å². The zero-order valence-electron chi connectivity index (χ0n) is 18.1. The molecule has 4 nitrogen and oxygen atoms in total. The van der Waals surface area contributed by atoms with E-state index in [1.165, 1.54) is 16.7 Å². The lowest BCUT2D eigenvalue weighted by molar-refractivity contribution is 0.0619. The first-order valence-corrected chi connectivity index (χ1v) is 12.6. The monoisotopic (exact) mass is 507 g/mol. The van der Waals surface area contributed by atoms with Crippen molar-refractivity contribution in [1.29, 1.82) is 0 Å². The van der Waals surface area contributed by atoms with E-state index in [0.717, 1.165) is 53.1 Å². The number of halogens is 1. The van der Waals surface area contributed by atoms with Crippen LogP contribution in [0.4, 0.5) is 0 Å². The molecule has 5 rings (SSSR count). The minimum absolute atomic E-state index is 0.132. The number of fused-ring (bicyclic) bond motifs is 1. The standard InChI is InChI=1S/C26H26BrN3OS/c1-19-6-5-9-21(14-19)17-30-23(15-24-25(30)22(27)18-32-24)26(31)29-12-10-28(11-13-29)16-20-7-3-2-4-8-20/h2-9,14-15,18H,10-13,16-17H2,1H3. The third-order valence-electron chi connectivity index (χ3n) is 6.13. The van der Waals surface area contributed by atoms with E-state index in [4.69, 9.17) is 0 Å². The minimum atomic E-state index is 0.132. The van der Waals surface area contributed by atoms with Crippen LogP contribution in [0.5, 0.6) is 0 Å². The maximum Gasteiger partial charge on any atom is 0.270 e. The minimum Gasteiger partial charge on any atom is -0.335 e. The first kappa shape index (κ1) is 21.4. The molecule has 32 heavy (non-hydrogen) atoms. The second-order valence-corrected chi connectivity index (χ2v) is 10.2. The molecule has 0 atom stereocenters. The second kappa shape index (κ2) is 9.22. The number of amides is 1. The van der Waals surface area contributed by atoms with Crippen LogP contribution in [-0.4, -0.2) is 46.5 Å². The van der Waals surface area contributed by atoms with Crippen molar-refractivity contribution >= 4 is 43.4 Å². The Balaban J connectivity index is 1.36. The molecule has 1 aliphatic heterocycles. The lowest BCUT2D eigenvalue weighted by atomic mass is 10.1. The smallest absolute Gasteiger partial charge is 0.270 e. The molecule has 0 N–H and O–H groups in total. The molecular formula is C26H26BrN3OS. The van der Waals surface area contributed by atoms with E-state index in [-0.39, 0.29) is 5.91 Å². The van der Waals surface area contributed by atoms with Gasteiger partial charge in [0, 0.05) is 44.6 Å². The Labute approximate surface area is 201 Å². The molecule has 0 saturated carbocycles. The highest BCUT2D eigenvalue weighted by molar-refractivity contribution is 9.10. The maximum atomic E-state index is 13.6. The van der Waals surface area contributed by atoms with Crippen LogP contribution in [0.1, 0.15) is 27.2 Å². The highest BCUT2D eigenvalue weighted by Crippen LogP contribution is 2.34. The number of thiophene rings is 1. The van der Waals surface area contributed by atoms with Crippen LogP contribution < -0.4 is 0 Å². The molecule has 6 heteroatoms. The van der Waals surface area contributed by atoms with Gasteiger partial charge in [-0.3, -0.25) is 9.69 Å². The molecule has 4 aromatic rings. The normalized spacial score (nSPS) is 14.9. The molecule has 1 fully saturated rings. The summed E-state index contributed by atoms with van der Waals surface area (Å²) in [6.45, 7) is 7.06. The molecule has 0 unspecified atom stereocenters. The predicted octanol–water partition coefficient (Wildman–Crippen LogP) is 5.78. The lowest BCUT2D eigenvalue weighted by Crippen LogP contribution is -2.48. The van der Waals surface area contributed by atoms with E-state index in [1.54, 1.807) is 11.3 Å². The van der Waals surface area contributed by atoms with Crippen molar-refractivity contribution in [3.63, 3.8) is 0 Å². The average Bonchev–Trinajstić information content (AvgIpc) is 3.34. The summed E-state index contributed by atoms with van der Waals surface area (Å²) >= 11 is 5.38. The van der Waals surface area contributed by atoms with Crippen molar-refractivity contribution < 1.29 is 4.79 Å². The Bertz CT molecular complexity index is 1240. The quantitative estimate of drug-likeness (QED) is 0.342. The summed E-state index contributed by atoms with van der Waals surface area (Å²) in [4.78, 5) is 18.0. The highest BCUT2D eigenvalue weighted by Gasteiger charge is 2.26. The van der Waals surface area contributed by atoms with Gasteiger partial charge in [0.05, 0.1) is 14.7 Å². The molecule has 0 bridgehead atoms. The number of aryl methyl sites for hydroxylation is 1. The summed E-state index contributed by atoms with van der Waals surface area (Å²) in [6.07, 6.45) is 0. The number of hydrogen-bond acceptors (Lipinski definition) is 3. The SMILES string of the molecule is Cc1cccc(Cn2c(C(=O)N3CCN(Cc4ccccc4)CC3)cc3scc(Br)c32)c1. The zero-order chi connectivity index (χ0) is 22.1. The number of carbonyl (C=O) groups is 1. The van der Waals surface area contributed by atoms with E-state index in [9.17, 15) is 4.79 Å². The van der Waals surface area contributed by atoms with Gasteiger partial charge >= 0.3 is 0 Å². The van der Waals surface area contributed by atoms with Gasteiger partial charge in [0.25, 0.3) is 5.91 Å². The fraction of sp³-hybridized carbons (Fsp3) is 0.269. The Morgan fingerprint density at radius 1 is 0.938 bits per heavy atom. The molecule has 2 aromatic carbocycles. The molecular weight excluding hydrogens is 482 g/mol. The number of rotatable bonds is 5. The summed E-state index contributed by atoms with van der Waals surface area (Å²) in [5.41, 5.74) is 5.66. The summed E-state index contributed by atoms with van der Waals surface area (Å²) in [6, 6.07) is 21.1. The Morgan fingerprint density at radius 3 is 2.44 bits per heavy atom. The van der Waals surface area contributed by atoms with Crippen LogP contribution in [0.25, 0.3) is 10.2 Å². The third kappa shape index (κ3) is 4.40. The number of aromatic nitrogens is 1. The number of nitrogens with zero attached hydrogens (tertiary/aromatic N) is 3. The summed E-state index contributed by atoms with van der Waals surface area (Å²) < 4.78 is 4.39. The zero-order valence-corrected chi connectivity index (χ0v) is 20.5. The van der Waals surface area contributed by atoms with Crippen molar-refractivity contribution in [1.82, 2.24) is 14.4 Å². The molecule has 0 spiro atoms. The molecule has 0 aliphatic carbocycles. The van der Waals surface area contributed by atoms with Gasteiger partial charge in [0.1, 0.15) is 5.69 Å². The topological polar surface area (TPSA) is 28.5 Å². The van der Waals surface area contributed by atoms with Gasteiger partial charge < -0.3 is 9.47 Å². The van der Waals surface area contributed by atoms with E-state index >= 15 is 0 Å². The van der Waals surface area contributed by atoms with Gasteiger partial charge in [-0.05, 0) is 40.0 Å². The highest BCUT2D eigenvalue weighted by atomic mass is 79.9. The van der Waals surface area contributed by atoms with Crippen LogP contribution in [0.2, 0.25) is 0 Å². The van der Waals surface area contributed by atoms with E-state index < -0.39 is 0 Å². The number of benzene rings is 2. The number of piperazine rings is 1. The molecule has 1 saturated heterocycles. The van der Waals surface area contributed by atoms with Crippen molar-refractivity contribution in [2.75, 3.05) is 26.2 Å². The first-order chi connectivity index (χ1) is 15.6. The van der Waals surface area contributed by atoms with Crippen LogP contribution in [0.3, 0.4) is 0 Å². The Kier molecular flexibility index (Phi) is 6.17. The van der Waals surface area contributed by atoms with E-state index in [0.29, 0.717) is 6.54 Å². The average molecular weight is 508 g/mol. The first-order valence-electron chi connectivity index (χ1n) is 11.0. The van der Waals surface area contributed by atoms with Crippen molar-refractivity contribution in [3.8, 4) is 0 Å². The number of hydrogen-bond donors (Lipinski definition) is 0. The predicted molar refractivity (Wildman–Crippen MR) is 135 cm³/mol. The van der Waals surface area contributed by atoms with Crippen LogP contribution in [0, 0.1) is 6.92 Å². The summed E-state index contributed by atoms with van der Waals surface area (Å²) in [5.74, 6) is 0.132. The molecule has 164 valence electrons. The van der Waals surface area contributed by atoms with Crippen LogP contribution in [0.15, 0.2) is 70.5 Å². The van der Waals surface area contributed by atoms with Gasteiger partial charge in [0.2, 0.25) is 0 Å². The molecule has 1 aliphatic rings. The van der Waals surface area contributed by atoms with E-state index in [2.05, 4.69) is 98.4 Å². The van der Waals surface area contributed by atoms with Crippen LogP contribution >= 0.6 is 27.3 Å². The van der Waals surface area contributed by atoms with Crippen molar-refractivity contribution in [3.05, 3.63) is 92.9 Å². The van der Waals surface area contributed by atoms with Crippen molar-refractivity contribution in [2.45, 2.75) is 20.0 Å². The molecule has 1 amide bonds. The third-order valence-corrected chi connectivity index (χ3v) is 7.95. The lowest BCUT2D eigenvalue weighted by Gasteiger charge is -2.35. The molecule has 2 aromatic heterocycles. The van der Waals surface area contributed by atoms with Gasteiger partial charge in [-0.2, -0.15) is 0 Å². The largest absolute Gasteiger partial charge is 0.335 e. The van der Waals surface area contributed by atoms with Gasteiger partial charge in [-0.1, -0.05) is 60.2 Å². The Morgan fingerprint density at radius 2 is 1.69 bits per heavy atom. The fourth-order valence-corrected chi connectivity index (χ4v) is 6.17. The second-order valence-electron chi connectivity index (χ2n) is 8.46. The van der Waals surface area contributed by atoms with Gasteiger partial charge in [0.15, 0.2) is 0 Å². The van der Waals surface area contributed by atoms with Crippen molar-refractivity contribution in [2.24, 2.45) is 0 Å². The summed E-state index contributed by atoms with van der Waals surface area (Å²) in [5, 5.41) is 2.11. The maximum absolute atomic E-state index is 13.6. The van der Waals surface area contributed by atoms with Gasteiger partial charge in [-0.25, -0.2) is 0 Å². The molecule has 0 radical (unpaired) electrons. The van der Waals surface area contributed by atoms with Gasteiger partial charge in [-0.15, -0.1) is 11.3 Å².